The molecule has 0 aliphatic rings. The van der Waals surface area contributed by atoms with Crippen LogP contribution in [0.1, 0.15) is 17.9 Å². The second-order valence-corrected chi connectivity index (χ2v) is 16.1. The molecule has 0 bridgehead atoms. The Balaban J connectivity index is 2.93. The maximum absolute atomic E-state index is 12.5. The molecular formula is C16H26O4Si2. The van der Waals surface area contributed by atoms with E-state index in [0.29, 0.717) is 0 Å². The van der Waals surface area contributed by atoms with Crippen molar-refractivity contribution in [3.8, 4) is 0 Å². The third kappa shape index (κ3) is 7.04. The largest absolute Gasteiger partial charge is 0.520 e. The molecule has 0 saturated carbocycles. The lowest BCUT2D eigenvalue weighted by Gasteiger charge is -2.24. The van der Waals surface area contributed by atoms with Gasteiger partial charge in [0.2, 0.25) is 16.6 Å². The van der Waals surface area contributed by atoms with Gasteiger partial charge < -0.3 is 8.85 Å². The Morgan fingerprint density at radius 1 is 0.909 bits per heavy atom. The van der Waals surface area contributed by atoms with Crippen LogP contribution in [0.2, 0.25) is 39.3 Å². The summed E-state index contributed by atoms with van der Waals surface area (Å²) in [6, 6.07) is 9.28. The zero-order valence-electron chi connectivity index (χ0n) is 14.3. The van der Waals surface area contributed by atoms with E-state index in [9.17, 15) is 9.59 Å². The molecule has 1 atom stereocenters. The van der Waals surface area contributed by atoms with Crippen LogP contribution in [0.25, 0.3) is 0 Å². The predicted octanol–water partition coefficient (Wildman–Crippen LogP) is 3.92. The van der Waals surface area contributed by atoms with Gasteiger partial charge in [0.25, 0.3) is 5.97 Å². The van der Waals surface area contributed by atoms with Crippen molar-refractivity contribution < 1.29 is 18.4 Å². The average molecular weight is 339 g/mol. The van der Waals surface area contributed by atoms with Crippen molar-refractivity contribution in [2.45, 2.75) is 51.6 Å². The van der Waals surface area contributed by atoms with Crippen molar-refractivity contribution in [3.63, 3.8) is 0 Å². The van der Waals surface area contributed by atoms with Crippen LogP contribution in [0.3, 0.4) is 0 Å². The molecule has 1 unspecified atom stereocenters. The van der Waals surface area contributed by atoms with E-state index in [1.54, 1.807) is 0 Å². The van der Waals surface area contributed by atoms with Gasteiger partial charge in [-0.2, -0.15) is 0 Å². The first-order chi connectivity index (χ1) is 9.98. The van der Waals surface area contributed by atoms with Crippen LogP contribution in [0.5, 0.6) is 0 Å². The van der Waals surface area contributed by atoms with Crippen LogP contribution >= 0.6 is 0 Å². The first-order valence-corrected chi connectivity index (χ1v) is 14.3. The van der Waals surface area contributed by atoms with Crippen molar-refractivity contribution in [1.82, 2.24) is 0 Å². The molecule has 0 aromatic heterocycles. The summed E-state index contributed by atoms with van der Waals surface area (Å²) in [5, 5.41) is 0. The van der Waals surface area contributed by atoms with Gasteiger partial charge in [0, 0.05) is 0 Å². The minimum absolute atomic E-state index is 0.0254. The standard InChI is InChI=1S/C16H26O4Si2/c1-21(2,3)19-15(17)12-14(13-10-8-7-9-11-13)16(18)20-22(4,5)6/h7-11,14H,12H2,1-6H3. The van der Waals surface area contributed by atoms with Gasteiger partial charge in [0.1, 0.15) is 0 Å². The van der Waals surface area contributed by atoms with E-state index < -0.39 is 22.6 Å². The molecule has 0 heterocycles. The van der Waals surface area contributed by atoms with Crippen LogP contribution in [-0.4, -0.2) is 28.6 Å². The molecule has 1 aromatic carbocycles. The monoisotopic (exact) mass is 338 g/mol. The molecule has 1 rings (SSSR count). The van der Waals surface area contributed by atoms with Gasteiger partial charge in [0.05, 0.1) is 12.3 Å². The van der Waals surface area contributed by atoms with E-state index in [4.69, 9.17) is 8.85 Å². The van der Waals surface area contributed by atoms with Crippen LogP contribution in [0, 0.1) is 0 Å². The fourth-order valence-electron chi connectivity index (χ4n) is 1.95. The molecule has 0 aliphatic heterocycles. The molecule has 22 heavy (non-hydrogen) atoms. The number of benzene rings is 1. The maximum Gasteiger partial charge on any atom is 0.300 e. The summed E-state index contributed by atoms with van der Waals surface area (Å²) < 4.78 is 11.1. The highest BCUT2D eigenvalue weighted by molar-refractivity contribution is 6.71. The first-order valence-electron chi connectivity index (χ1n) is 7.47. The van der Waals surface area contributed by atoms with Crippen molar-refractivity contribution in [2.24, 2.45) is 0 Å². The molecule has 0 N–H and O–H groups in total. The Morgan fingerprint density at radius 2 is 1.41 bits per heavy atom. The van der Waals surface area contributed by atoms with Crippen LogP contribution < -0.4 is 0 Å². The van der Waals surface area contributed by atoms with E-state index in [-0.39, 0.29) is 18.4 Å². The van der Waals surface area contributed by atoms with Gasteiger partial charge in [0.15, 0.2) is 0 Å². The third-order valence-corrected chi connectivity index (χ3v) is 4.34. The van der Waals surface area contributed by atoms with Crippen molar-refractivity contribution >= 4 is 28.6 Å². The second kappa shape index (κ2) is 7.24. The normalized spacial score (nSPS) is 13.4. The summed E-state index contributed by atoms with van der Waals surface area (Å²) in [5.41, 5.74) is 0.790. The topological polar surface area (TPSA) is 52.6 Å². The second-order valence-electron chi connectivity index (χ2n) is 7.29. The Labute approximate surface area is 135 Å². The van der Waals surface area contributed by atoms with Crippen LogP contribution in [0.15, 0.2) is 30.3 Å². The van der Waals surface area contributed by atoms with Crippen molar-refractivity contribution in [1.29, 1.82) is 0 Å². The first kappa shape index (κ1) is 18.6. The number of carbonyl (C=O) groups excluding carboxylic acids is 2. The fraction of sp³-hybridized carbons (Fsp3) is 0.500. The quantitative estimate of drug-likeness (QED) is 0.738. The number of rotatable bonds is 6. The summed E-state index contributed by atoms with van der Waals surface area (Å²) in [4.78, 5) is 24.6. The molecule has 0 aliphatic carbocycles. The Morgan fingerprint density at radius 3 is 1.86 bits per heavy atom. The van der Waals surface area contributed by atoms with E-state index in [1.165, 1.54) is 0 Å². The molecule has 122 valence electrons. The molecule has 0 fully saturated rings. The van der Waals surface area contributed by atoms with Crippen molar-refractivity contribution in [3.05, 3.63) is 35.9 Å². The third-order valence-electron chi connectivity index (χ3n) is 2.68. The van der Waals surface area contributed by atoms with Crippen LogP contribution in [0.4, 0.5) is 0 Å². The highest BCUT2D eigenvalue weighted by Gasteiger charge is 2.31. The number of hydrogen-bond acceptors (Lipinski definition) is 4. The van der Waals surface area contributed by atoms with Gasteiger partial charge in [-0.25, -0.2) is 0 Å². The van der Waals surface area contributed by atoms with Gasteiger partial charge in [-0.3, -0.25) is 9.59 Å². The van der Waals surface area contributed by atoms with E-state index in [0.717, 1.165) is 5.56 Å². The lowest BCUT2D eigenvalue weighted by atomic mass is 9.96. The van der Waals surface area contributed by atoms with E-state index in [1.807, 2.05) is 69.6 Å². The number of hydrogen-bond donors (Lipinski definition) is 0. The smallest absolute Gasteiger partial charge is 0.300 e. The summed E-state index contributed by atoms with van der Waals surface area (Å²) >= 11 is 0. The average Bonchev–Trinajstić information content (AvgIpc) is 2.32. The SMILES string of the molecule is C[Si](C)(C)OC(=O)CC(C(=O)O[Si](C)(C)C)c1ccccc1. The zero-order chi connectivity index (χ0) is 17.0. The molecule has 0 radical (unpaired) electrons. The number of carbonyl (C=O) groups is 2. The molecular weight excluding hydrogens is 312 g/mol. The van der Waals surface area contributed by atoms with Gasteiger partial charge in [-0.05, 0) is 44.8 Å². The fourth-order valence-corrected chi connectivity index (χ4v) is 3.46. The predicted molar refractivity (Wildman–Crippen MR) is 92.7 cm³/mol. The molecule has 0 saturated heterocycles. The molecule has 0 amide bonds. The maximum atomic E-state index is 12.5. The minimum Gasteiger partial charge on any atom is -0.520 e. The lowest BCUT2D eigenvalue weighted by Crippen LogP contribution is -2.34. The van der Waals surface area contributed by atoms with Gasteiger partial charge in [-0.1, -0.05) is 30.3 Å². The molecule has 0 spiro atoms. The lowest BCUT2D eigenvalue weighted by molar-refractivity contribution is -0.143. The summed E-state index contributed by atoms with van der Waals surface area (Å²) in [6.45, 7) is 11.7. The van der Waals surface area contributed by atoms with Crippen LogP contribution in [-0.2, 0) is 18.4 Å². The van der Waals surface area contributed by atoms with Crippen molar-refractivity contribution in [2.75, 3.05) is 0 Å². The molecule has 6 heteroatoms. The molecule has 4 nitrogen and oxygen atoms in total. The Kier molecular flexibility index (Phi) is 6.13. The van der Waals surface area contributed by atoms with Gasteiger partial charge >= 0.3 is 5.97 Å². The highest BCUT2D eigenvalue weighted by atomic mass is 28.4. The van der Waals surface area contributed by atoms with Gasteiger partial charge in [-0.15, -0.1) is 0 Å². The zero-order valence-corrected chi connectivity index (χ0v) is 16.3. The Hall–Kier alpha value is -1.41. The minimum atomic E-state index is -2.01. The highest BCUT2D eigenvalue weighted by Crippen LogP contribution is 2.24. The van der Waals surface area contributed by atoms with E-state index in [2.05, 4.69) is 0 Å². The van der Waals surface area contributed by atoms with E-state index >= 15 is 0 Å². The summed E-state index contributed by atoms with van der Waals surface area (Å²) in [6.07, 6.45) is 0.0254. The Bertz CT molecular complexity index is 515. The molecule has 1 aromatic rings. The summed E-state index contributed by atoms with van der Waals surface area (Å²) in [7, 11) is -3.97. The summed E-state index contributed by atoms with van der Waals surface area (Å²) in [5.74, 6) is -1.27.